The van der Waals surface area contributed by atoms with Crippen molar-refractivity contribution in [1.82, 2.24) is 19.9 Å². The first-order valence-corrected chi connectivity index (χ1v) is 10.5. The lowest BCUT2D eigenvalue weighted by Crippen LogP contribution is -2.30. The van der Waals surface area contributed by atoms with Gasteiger partial charge >= 0.3 is 0 Å². The average molecular weight is 419 g/mol. The molecule has 4 heterocycles. The number of carbonyl (C=O) groups is 1. The van der Waals surface area contributed by atoms with E-state index >= 15 is 0 Å². The monoisotopic (exact) mass is 418 g/mol. The van der Waals surface area contributed by atoms with Gasteiger partial charge in [-0.25, -0.2) is 9.97 Å². The Labute approximate surface area is 180 Å². The van der Waals surface area contributed by atoms with Crippen LogP contribution in [-0.2, 0) is 9.53 Å². The molecule has 0 aromatic carbocycles. The van der Waals surface area contributed by atoms with Crippen LogP contribution >= 0.6 is 0 Å². The summed E-state index contributed by atoms with van der Waals surface area (Å²) in [5, 5.41) is 4.66. The van der Waals surface area contributed by atoms with Gasteiger partial charge in [0.25, 0.3) is 0 Å². The lowest BCUT2D eigenvalue weighted by atomic mass is 10.1. The topological polar surface area (TPSA) is 106 Å². The molecule has 2 unspecified atom stereocenters. The Morgan fingerprint density at radius 2 is 2.10 bits per heavy atom. The Bertz CT molecular complexity index is 1140. The molecule has 1 aliphatic heterocycles. The first-order chi connectivity index (χ1) is 15.0. The minimum Gasteiger partial charge on any atom is -0.383 e. The number of piperidine rings is 1. The zero-order chi connectivity index (χ0) is 21.5. The molecule has 8 nitrogen and oxygen atoms in total. The van der Waals surface area contributed by atoms with E-state index in [2.05, 4.69) is 25.2 Å². The summed E-state index contributed by atoms with van der Waals surface area (Å²) in [6.07, 6.45) is 5.22. The molecule has 3 N–H and O–H groups in total. The number of ether oxygens (including phenoxy) is 1. The maximum Gasteiger partial charge on any atom is 0.229 e. The SMILES string of the molecule is COCCN1CC2C(C1)C2C(=O)Nc1cc2cc(-c3cnccc3C)nc(N)c2cn1. The largest absolute Gasteiger partial charge is 0.383 e. The summed E-state index contributed by atoms with van der Waals surface area (Å²) in [5.74, 6) is 1.97. The molecule has 8 heteroatoms. The van der Waals surface area contributed by atoms with Crippen molar-refractivity contribution in [2.45, 2.75) is 6.92 Å². The standard InChI is InChI=1S/C23H26N6O2/c1-13-3-4-25-9-15(13)19-7-14-8-20(26-10-16(14)22(24)27-19)28-23(30)21-17-11-29(5-6-31-2)12-18(17)21/h3-4,7-10,17-18,21H,5-6,11-12H2,1-2H3,(H2,24,27)(H,26,28,30). The first-order valence-electron chi connectivity index (χ1n) is 10.5. The minimum atomic E-state index is 0.0543. The maximum absolute atomic E-state index is 12.8. The van der Waals surface area contributed by atoms with E-state index in [0.29, 0.717) is 23.5 Å². The van der Waals surface area contributed by atoms with Crippen molar-refractivity contribution in [2.75, 3.05) is 44.4 Å². The van der Waals surface area contributed by atoms with E-state index in [1.807, 2.05) is 25.1 Å². The van der Waals surface area contributed by atoms with Crippen molar-refractivity contribution in [3.8, 4) is 11.3 Å². The van der Waals surface area contributed by atoms with Crippen LogP contribution < -0.4 is 11.1 Å². The van der Waals surface area contributed by atoms with Crippen molar-refractivity contribution in [3.05, 3.63) is 42.4 Å². The highest BCUT2D eigenvalue weighted by molar-refractivity contribution is 5.98. The molecular formula is C23H26N6O2. The summed E-state index contributed by atoms with van der Waals surface area (Å²) in [7, 11) is 1.72. The molecule has 5 rings (SSSR count). The van der Waals surface area contributed by atoms with Gasteiger partial charge in [0.15, 0.2) is 0 Å². The number of rotatable bonds is 6. The van der Waals surface area contributed by atoms with E-state index in [0.717, 1.165) is 53.8 Å². The van der Waals surface area contributed by atoms with Crippen LogP contribution in [0.1, 0.15) is 5.56 Å². The normalized spacial score (nSPS) is 22.5. The quantitative estimate of drug-likeness (QED) is 0.633. The minimum absolute atomic E-state index is 0.0543. The molecule has 0 spiro atoms. The van der Waals surface area contributed by atoms with Gasteiger partial charge in [0.2, 0.25) is 5.91 Å². The average Bonchev–Trinajstić information content (AvgIpc) is 3.27. The third kappa shape index (κ3) is 3.73. The van der Waals surface area contributed by atoms with Crippen molar-refractivity contribution in [3.63, 3.8) is 0 Å². The van der Waals surface area contributed by atoms with Gasteiger partial charge in [0.05, 0.1) is 12.3 Å². The highest BCUT2D eigenvalue weighted by atomic mass is 16.5. The molecule has 2 fully saturated rings. The van der Waals surface area contributed by atoms with E-state index in [1.165, 1.54) is 0 Å². The second-order valence-corrected chi connectivity index (χ2v) is 8.47. The molecule has 1 saturated carbocycles. The zero-order valence-corrected chi connectivity index (χ0v) is 17.7. The first kappa shape index (κ1) is 19.8. The fraction of sp³-hybridized carbons (Fsp3) is 0.391. The lowest BCUT2D eigenvalue weighted by Gasteiger charge is -2.18. The maximum atomic E-state index is 12.8. The number of nitrogens with one attached hydrogen (secondary N) is 1. The van der Waals surface area contributed by atoms with Gasteiger partial charge in [0, 0.05) is 62.2 Å². The summed E-state index contributed by atoms with van der Waals surface area (Å²) in [5.41, 5.74) is 8.95. The molecular weight excluding hydrogens is 392 g/mol. The van der Waals surface area contributed by atoms with E-state index in [4.69, 9.17) is 10.5 Å². The van der Waals surface area contributed by atoms with E-state index < -0.39 is 0 Å². The van der Waals surface area contributed by atoms with Crippen LogP contribution in [0, 0.1) is 24.7 Å². The second kappa shape index (κ2) is 7.86. The summed E-state index contributed by atoms with van der Waals surface area (Å²) >= 11 is 0. The van der Waals surface area contributed by atoms with Crippen LogP contribution in [0.3, 0.4) is 0 Å². The molecule has 1 saturated heterocycles. The van der Waals surface area contributed by atoms with Crippen molar-refractivity contribution < 1.29 is 9.53 Å². The summed E-state index contributed by atoms with van der Waals surface area (Å²) in [6.45, 7) is 5.61. The third-order valence-corrected chi connectivity index (χ3v) is 6.50. The number of nitrogen functional groups attached to an aromatic ring is 1. The van der Waals surface area contributed by atoms with Gasteiger partial charge in [-0.2, -0.15) is 0 Å². The number of nitrogens with two attached hydrogens (primary N) is 1. The molecule has 3 aromatic heterocycles. The molecule has 0 bridgehead atoms. The fourth-order valence-corrected chi connectivity index (χ4v) is 4.73. The van der Waals surface area contributed by atoms with Crippen molar-refractivity contribution >= 4 is 28.3 Å². The summed E-state index contributed by atoms with van der Waals surface area (Å²) < 4.78 is 5.15. The fourth-order valence-electron chi connectivity index (χ4n) is 4.73. The van der Waals surface area contributed by atoms with Gasteiger partial charge in [0.1, 0.15) is 11.6 Å². The summed E-state index contributed by atoms with van der Waals surface area (Å²) in [4.78, 5) is 28.3. The predicted molar refractivity (Wildman–Crippen MR) is 119 cm³/mol. The smallest absolute Gasteiger partial charge is 0.229 e. The van der Waals surface area contributed by atoms with Gasteiger partial charge in [-0.1, -0.05) is 0 Å². The number of hydrogen-bond acceptors (Lipinski definition) is 7. The van der Waals surface area contributed by atoms with E-state index in [1.54, 1.807) is 25.7 Å². The Morgan fingerprint density at radius 3 is 2.84 bits per heavy atom. The number of amides is 1. The Kier molecular flexibility index (Phi) is 5.03. The lowest BCUT2D eigenvalue weighted by molar-refractivity contribution is -0.118. The number of aromatic nitrogens is 3. The van der Waals surface area contributed by atoms with E-state index in [-0.39, 0.29) is 11.8 Å². The number of aryl methyl sites for hydroxylation is 1. The Morgan fingerprint density at radius 1 is 1.29 bits per heavy atom. The third-order valence-electron chi connectivity index (χ3n) is 6.50. The van der Waals surface area contributed by atoms with Crippen LogP contribution in [0.15, 0.2) is 36.8 Å². The zero-order valence-electron chi connectivity index (χ0n) is 17.7. The molecule has 1 amide bonds. The number of hydrogen-bond donors (Lipinski definition) is 2. The number of pyridine rings is 3. The van der Waals surface area contributed by atoms with Crippen molar-refractivity contribution in [1.29, 1.82) is 0 Å². The molecule has 2 aliphatic rings. The number of likely N-dealkylation sites (tertiary alicyclic amines) is 1. The van der Waals surface area contributed by atoms with Gasteiger partial charge in [-0.3, -0.25) is 9.78 Å². The molecule has 31 heavy (non-hydrogen) atoms. The van der Waals surface area contributed by atoms with Crippen LogP contribution in [-0.4, -0.2) is 59.1 Å². The number of carbonyl (C=O) groups excluding carboxylic acids is 1. The van der Waals surface area contributed by atoms with Crippen LogP contribution in [0.2, 0.25) is 0 Å². The Balaban J connectivity index is 1.32. The number of anilines is 2. The predicted octanol–water partition coefficient (Wildman–Crippen LogP) is 2.35. The van der Waals surface area contributed by atoms with E-state index in [9.17, 15) is 4.79 Å². The number of nitrogens with zero attached hydrogens (tertiary/aromatic N) is 4. The number of fused-ring (bicyclic) bond motifs is 2. The van der Waals surface area contributed by atoms with Gasteiger partial charge in [-0.15, -0.1) is 0 Å². The van der Waals surface area contributed by atoms with Crippen molar-refractivity contribution in [2.24, 2.45) is 17.8 Å². The van der Waals surface area contributed by atoms with Gasteiger partial charge < -0.3 is 20.7 Å². The van der Waals surface area contributed by atoms with Crippen LogP contribution in [0.4, 0.5) is 11.6 Å². The second-order valence-electron chi connectivity index (χ2n) is 8.47. The molecule has 0 radical (unpaired) electrons. The molecule has 3 aromatic rings. The Hall–Kier alpha value is -3.10. The van der Waals surface area contributed by atoms with Crippen LogP contribution in [0.25, 0.3) is 22.0 Å². The molecule has 2 atom stereocenters. The highest BCUT2D eigenvalue weighted by Crippen LogP contribution is 2.52. The summed E-state index contributed by atoms with van der Waals surface area (Å²) in [6, 6.07) is 5.77. The van der Waals surface area contributed by atoms with Crippen LogP contribution in [0.5, 0.6) is 0 Å². The molecule has 160 valence electrons. The number of methoxy groups -OCH3 is 1. The molecule has 1 aliphatic carbocycles. The highest BCUT2D eigenvalue weighted by Gasteiger charge is 2.59. The van der Waals surface area contributed by atoms with Gasteiger partial charge in [-0.05, 0) is 47.9 Å².